The van der Waals surface area contributed by atoms with Crippen molar-refractivity contribution in [1.82, 2.24) is 5.32 Å². The molecular formula is C20H34N2O3S. The van der Waals surface area contributed by atoms with Crippen molar-refractivity contribution in [1.29, 1.82) is 0 Å². The van der Waals surface area contributed by atoms with Gasteiger partial charge in [-0.05, 0) is 30.7 Å². The fourth-order valence-corrected chi connectivity index (χ4v) is 2.80. The summed E-state index contributed by atoms with van der Waals surface area (Å²) in [7, 11) is 1.64. The number of amides is 1. The van der Waals surface area contributed by atoms with Crippen LogP contribution < -0.4 is 10.6 Å². The number of carbonyl (C=O) groups is 1. The van der Waals surface area contributed by atoms with Gasteiger partial charge in [0.25, 0.3) is 5.91 Å². The summed E-state index contributed by atoms with van der Waals surface area (Å²) in [6.07, 6.45) is 7.36. The average Bonchev–Trinajstić information content (AvgIpc) is 2.67. The number of hydrogen-bond donors (Lipinski definition) is 3. The second-order valence-electron chi connectivity index (χ2n) is 6.18. The van der Waals surface area contributed by atoms with E-state index in [2.05, 4.69) is 23.3 Å². The van der Waals surface area contributed by atoms with E-state index in [-0.39, 0.29) is 5.91 Å². The lowest BCUT2D eigenvalue weighted by molar-refractivity contribution is 0.0693. The Hall–Kier alpha value is -1.24. The Morgan fingerprint density at radius 2 is 1.69 bits per heavy atom. The van der Waals surface area contributed by atoms with Crippen LogP contribution in [0.5, 0.6) is 0 Å². The molecule has 0 heterocycles. The molecule has 0 radical (unpaired) electrons. The molecule has 0 aliphatic carbocycles. The molecule has 1 amide bonds. The summed E-state index contributed by atoms with van der Waals surface area (Å²) in [5.74, 6) is 0.912. The van der Waals surface area contributed by atoms with Gasteiger partial charge in [0.1, 0.15) is 0 Å². The SMILES string of the molecule is COCCOCCNC(=O)c1ccccc1NCCCCCCCCS. The minimum atomic E-state index is -0.0739. The first-order valence-corrected chi connectivity index (χ1v) is 10.2. The zero-order chi connectivity index (χ0) is 18.9. The Labute approximate surface area is 163 Å². The van der Waals surface area contributed by atoms with Crippen LogP contribution in [0, 0.1) is 0 Å². The van der Waals surface area contributed by atoms with Gasteiger partial charge >= 0.3 is 0 Å². The summed E-state index contributed by atoms with van der Waals surface area (Å²) in [4.78, 5) is 12.4. The van der Waals surface area contributed by atoms with Gasteiger partial charge in [-0.2, -0.15) is 12.6 Å². The molecule has 0 aliphatic rings. The van der Waals surface area contributed by atoms with Crippen molar-refractivity contribution in [3.63, 3.8) is 0 Å². The van der Waals surface area contributed by atoms with Crippen LogP contribution >= 0.6 is 12.6 Å². The van der Waals surface area contributed by atoms with Crippen LogP contribution in [-0.2, 0) is 9.47 Å². The Kier molecular flexibility index (Phi) is 14.0. The Morgan fingerprint density at radius 1 is 0.962 bits per heavy atom. The van der Waals surface area contributed by atoms with Gasteiger partial charge in [0, 0.05) is 25.9 Å². The van der Waals surface area contributed by atoms with Gasteiger partial charge in [0.05, 0.1) is 25.4 Å². The summed E-state index contributed by atoms with van der Waals surface area (Å²) in [6.45, 7) is 2.97. The highest BCUT2D eigenvalue weighted by atomic mass is 32.1. The molecule has 148 valence electrons. The maximum absolute atomic E-state index is 12.4. The Bertz CT molecular complexity index is 486. The lowest BCUT2D eigenvalue weighted by Gasteiger charge is -2.12. The van der Waals surface area contributed by atoms with Crippen molar-refractivity contribution in [2.24, 2.45) is 0 Å². The largest absolute Gasteiger partial charge is 0.384 e. The standard InChI is InChI=1S/C20H34N2O3S/c1-24-15-16-25-14-13-22-20(23)18-10-6-7-11-19(18)21-12-8-4-2-3-5-9-17-26/h6-7,10-11,21,26H,2-5,8-9,12-17H2,1H3,(H,22,23). The number of benzene rings is 1. The zero-order valence-corrected chi connectivity index (χ0v) is 16.9. The van der Waals surface area contributed by atoms with Crippen molar-refractivity contribution in [3.8, 4) is 0 Å². The number of rotatable bonds is 16. The number of nitrogens with one attached hydrogen (secondary N) is 2. The van der Waals surface area contributed by atoms with Crippen molar-refractivity contribution < 1.29 is 14.3 Å². The molecule has 0 atom stereocenters. The molecule has 0 saturated heterocycles. The van der Waals surface area contributed by atoms with Gasteiger partial charge in [-0.1, -0.05) is 37.8 Å². The highest BCUT2D eigenvalue weighted by Crippen LogP contribution is 2.15. The molecular weight excluding hydrogens is 348 g/mol. The van der Waals surface area contributed by atoms with E-state index in [0.29, 0.717) is 31.9 Å². The van der Waals surface area contributed by atoms with Gasteiger partial charge in [-0.15, -0.1) is 0 Å². The summed E-state index contributed by atoms with van der Waals surface area (Å²) >= 11 is 4.23. The molecule has 1 aromatic rings. The zero-order valence-electron chi connectivity index (χ0n) is 16.0. The minimum Gasteiger partial charge on any atom is -0.384 e. The first-order chi connectivity index (χ1) is 12.8. The van der Waals surface area contributed by atoms with Crippen molar-refractivity contribution in [3.05, 3.63) is 29.8 Å². The monoisotopic (exact) mass is 382 g/mol. The molecule has 1 aromatic carbocycles. The predicted octanol–water partition coefficient (Wildman–Crippen LogP) is 3.76. The molecule has 0 aliphatic heterocycles. The van der Waals surface area contributed by atoms with Crippen LogP contribution in [-0.4, -0.2) is 51.7 Å². The Balaban J connectivity index is 2.25. The molecule has 0 spiro atoms. The highest BCUT2D eigenvalue weighted by Gasteiger charge is 2.09. The Morgan fingerprint density at radius 3 is 2.46 bits per heavy atom. The maximum Gasteiger partial charge on any atom is 0.253 e. The third-order valence-electron chi connectivity index (χ3n) is 4.04. The molecule has 6 heteroatoms. The number of anilines is 1. The summed E-state index contributed by atoms with van der Waals surface area (Å²) in [5, 5.41) is 6.29. The third-order valence-corrected chi connectivity index (χ3v) is 4.35. The van der Waals surface area contributed by atoms with Crippen LogP contribution in [0.3, 0.4) is 0 Å². The normalized spacial score (nSPS) is 10.7. The van der Waals surface area contributed by atoms with Gasteiger partial charge in [0.2, 0.25) is 0 Å². The molecule has 1 rings (SSSR count). The third kappa shape index (κ3) is 10.7. The molecule has 2 N–H and O–H groups in total. The van der Waals surface area contributed by atoms with Crippen LogP contribution in [0.25, 0.3) is 0 Å². The maximum atomic E-state index is 12.4. The second kappa shape index (κ2) is 16.0. The van der Waals surface area contributed by atoms with Crippen LogP contribution in [0.15, 0.2) is 24.3 Å². The van der Waals surface area contributed by atoms with Crippen LogP contribution in [0.1, 0.15) is 48.9 Å². The van der Waals surface area contributed by atoms with Crippen molar-refractivity contribution in [2.75, 3.05) is 51.1 Å². The molecule has 0 saturated carbocycles. The molecule has 0 aromatic heterocycles. The predicted molar refractivity (Wildman–Crippen MR) is 112 cm³/mol. The number of para-hydroxylation sites is 1. The van der Waals surface area contributed by atoms with E-state index in [4.69, 9.17) is 9.47 Å². The first kappa shape index (κ1) is 22.8. The lowest BCUT2D eigenvalue weighted by atomic mass is 10.1. The quantitative estimate of drug-likeness (QED) is 0.301. The van der Waals surface area contributed by atoms with Gasteiger partial charge < -0.3 is 20.1 Å². The summed E-state index contributed by atoms with van der Waals surface area (Å²) < 4.78 is 10.3. The number of unbranched alkanes of at least 4 members (excludes halogenated alkanes) is 5. The number of carbonyl (C=O) groups excluding carboxylic acids is 1. The molecule has 5 nitrogen and oxygen atoms in total. The molecule has 0 unspecified atom stereocenters. The van der Waals surface area contributed by atoms with E-state index in [1.165, 1.54) is 32.1 Å². The molecule has 0 bridgehead atoms. The van der Waals surface area contributed by atoms with E-state index in [1.54, 1.807) is 7.11 Å². The minimum absolute atomic E-state index is 0.0739. The second-order valence-corrected chi connectivity index (χ2v) is 6.63. The van der Waals surface area contributed by atoms with Crippen molar-refractivity contribution in [2.45, 2.75) is 38.5 Å². The molecule has 0 fully saturated rings. The van der Waals surface area contributed by atoms with Gasteiger partial charge in [-0.3, -0.25) is 4.79 Å². The van der Waals surface area contributed by atoms with E-state index < -0.39 is 0 Å². The van der Waals surface area contributed by atoms with E-state index in [0.717, 1.165) is 24.4 Å². The van der Waals surface area contributed by atoms with E-state index >= 15 is 0 Å². The number of ether oxygens (including phenoxy) is 2. The number of methoxy groups -OCH3 is 1. The highest BCUT2D eigenvalue weighted by molar-refractivity contribution is 7.80. The molecule has 26 heavy (non-hydrogen) atoms. The van der Waals surface area contributed by atoms with Crippen molar-refractivity contribution >= 4 is 24.2 Å². The topological polar surface area (TPSA) is 59.6 Å². The summed E-state index contributed by atoms with van der Waals surface area (Å²) in [6, 6.07) is 7.64. The fourth-order valence-electron chi connectivity index (χ4n) is 2.58. The van der Waals surface area contributed by atoms with Gasteiger partial charge in [-0.25, -0.2) is 0 Å². The summed E-state index contributed by atoms with van der Waals surface area (Å²) in [5.41, 5.74) is 1.57. The van der Waals surface area contributed by atoms with E-state index in [9.17, 15) is 4.79 Å². The van der Waals surface area contributed by atoms with Gasteiger partial charge in [0.15, 0.2) is 0 Å². The van der Waals surface area contributed by atoms with Crippen LogP contribution in [0.2, 0.25) is 0 Å². The van der Waals surface area contributed by atoms with Crippen LogP contribution in [0.4, 0.5) is 5.69 Å². The smallest absolute Gasteiger partial charge is 0.253 e. The average molecular weight is 383 g/mol. The lowest BCUT2D eigenvalue weighted by Crippen LogP contribution is -2.28. The number of thiol groups is 1. The fraction of sp³-hybridized carbons (Fsp3) is 0.650. The van der Waals surface area contributed by atoms with E-state index in [1.807, 2.05) is 24.3 Å². The number of hydrogen-bond acceptors (Lipinski definition) is 5. The first-order valence-electron chi connectivity index (χ1n) is 9.58.